The van der Waals surface area contributed by atoms with Gasteiger partial charge in [0.2, 0.25) is 0 Å². The zero-order valence-electron chi connectivity index (χ0n) is 19.6. The summed E-state index contributed by atoms with van der Waals surface area (Å²) in [5.74, 6) is 3.22. The van der Waals surface area contributed by atoms with Gasteiger partial charge in [-0.1, -0.05) is 6.92 Å². The Labute approximate surface area is 195 Å². The molecule has 182 valence electrons. The summed E-state index contributed by atoms with van der Waals surface area (Å²) in [4.78, 5) is 13.5. The first-order chi connectivity index (χ1) is 15.5. The monoisotopic (exact) mass is 476 g/mol. The number of sulfone groups is 1. The number of hydrogen-bond acceptors (Lipinski definition) is 6. The van der Waals surface area contributed by atoms with E-state index in [9.17, 15) is 23.4 Å². The molecule has 0 aromatic carbocycles. The first-order valence-corrected chi connectivity index (χ1v) is 14.6. The highest BCUT2D eigenvalue weighted by molar-refractivity contribution is 7.90. The van der Waals surface area contributed by atoms with Crippen molar-refractivity contribution < 1.29 is 23.4 Å². The second-order valence-corrected chi connectivity index (χ2v) is 14.1. The van der Waals surface area contributed by atoms with E-state index in [1.54, 1.807) is 0 Å². The molecule has 5 saturated carbocycles. The minimum absolute atomic E-state index is 0.00635. The van der Waals surface area contributed by atoms with Crippen molar-refractivity contribution >= 4 is 15.6 Å². The maximum Gasteiger partial charge on any atom is 0.178 e. The average molecular weight is 477 g/mol. The van der Waals surface area contributed by atoms with Crippen molar-refractivity contribution in [3.63, 3.8) is 0 Å². The SMILES string of the molecule is C[C@]12CC[C@@H]3[C@H]4CC[C@]5(O)C(O)C5[C@@H]4CC[C@H]3[C@@H]1CC[C@@H]2C(=O)Cn1cc(S(C)(=O)=O)cn1. The van der Waals surface area contributed by atoms with Gasteiger partial charge >= 0.3 is 0 Å². The molecule has 5 aliphatic rings. The normalized spacial score (nSPS) is 48.4. The molecule has 6 rings (SSSR count). The van der Waals surface area contributed by atoms with E-state index in [0.29, 0.717) is 29.6 Å². The van der Waals surface area contributed by atoms with Crippen LogP contribution in [0.1, 0.15) is 58.3 Å². The molecule has 0 saturated heterocycles. The zero-order chi connectivity index (χ0) is 23.3. The largest absolute Gasteiger partial charge is 0.390 e. The van der Waals surface area contributed by atoms with Crippen LogP contribution in [0.4, 0.5) is 0 Å². The molecule has 0 bridgehead atoms. The summed E-state index contributed by atoms with van der Waals surface area (Å²) >= 11 is 0. The zero-order valence-corrected chi connectivity index (χ0v) is 20.4. The standard InChI is InChI=1S/C25H36N2O5S/c1-24-9-7-15-16-8-10-25(30)22(23(25)29)18(16)4-3-17(15)19(24)5-6-20(24)21(28)13-27-12-14(11-26-27)33(2,31)32/h11-12,15-20,22-23,29-30H,3-10,13H2,1-2H3/t15-,16-,17-,18-,19+,20-,22?,23?,24+,25-/m1/s1. The fraction of sp³-hybridized carbons (Fsp3) is 0.840. The molecule has 5 fully saturated rings. The van der Waals surface area contributed by atoms with Crippen LogP contribution in [-0.2, 0) is 21.2 Å². The highest BCUT2D eigenvalue weighted by atomic mass is 32.2. The van der Waals surface area contributed by atoms with Crippen LogP contribution in [0.5, 0.6) is 0 Å². The highest BCUT2D eigenvalue weighted by Gasteiger charge is 2.71. The number of carbonyl (C=O) groups is 1. The molecule has 2 unspecified atom stereocenters. The Morgan fingerprint density at radius 3 is 2.52 bits per heavy atom. The molecule has 10 atom stereocenters. The first-order valence-electron chi connectivity index (χ1n) is 12.7. The third-order valence-electron chi connectivity index (χ3n) is 10.8. The number of ketones is 1. The summed E-state index contributed by atoms with van der Waals surface area (Å²) in [6, 6.07) is 0. The predicted octanol–water partition coefficient (Wildman–Crippen LogP) is 2.46. The summed E-state index contributed by atoms with van der Waals surface area (Å²) in [6.45, 7) is 2.46. The Balaban J connectivity index is 1.17. The van der Waals surface area contributed by atoms with Gasteiger partial charge in [0, 0.05) is 24.3 Å². The molecule has 2 N–H and O–H groups in total. The Bertz CT molecular complexity index is 1080. The number of fused-ring (bicyclic) bond motifs is 7. The lowest BCUT2D eigenvalue weighted by molar-refractivity contribution is -0.131. The Morgan fingerprint density at radius 2 is 1.79 bits per heavy atom. The molecule has 1 aromatic rings. The number of rotatable bonds is 4. The van der Waals surface area contributed by atoms with Crippen LogP contribution in [0.25, 0.3) is 0 Å². The van der Waals surface area contributed by atoms with Gasteiger partial charge in [0.25, 0.3) is 0 Å². The van der Waals surface area contributed by atoms with Gasteiger partial charge < -0.3 is 10.2 Å². The van der Waals surface area contributed by atoms with Crippen LogP contribution < -0.4 is 0 Å². The summed E-state index contributed by atoms with van der Waals surface area (Å²) < 4.78 is 25.0. The smallest absolute Gasteiger partial charge is 0.178 e. The fourth-order valence-electron chi connectivity index (χ4n) is 9.23. The van der Waals surface area contributed by atoms with Gasteiger partial charge in [-0.3, -0.25) is 9.48 Å². The van der Waals surface area contributed by atoms with Crippen molar-refractivity contribution in [3.8, 4) is 0 Å². The lowest BCUT2D eigenvalue weighted by Gasteiger charge is -2.55. The van der Waals surface area contributed by atoms with E-state index in [2.05, 4.69) is 12.0 Å². The molecular formula is C25H36N2O5S. The van der Waals surface area contributed by atoms with E-state index in [1.807, 2.05) is 0 Å². The van der Waals surface area contributed by atoms with Gasteiger partial charge in [-0.15, -0.1) is 0 Å². The number of hydrogen-bond donors (Lipinski definition) is 2. The molecule has 7 nitrogen and oxygen atoms in total. The Morgan fingerprint density at radius 1 is 1.09 bits per heavy atom. The highest BCUT2D eigenvalue weighted by Crippen LogP contribution is 2.68. The lowest BCUT2D eigenvalue weighted by Crippen LogP contribution is -2.50. The molecule has 8 heteroatoms. The van der Waals surface area contributed by atoms with Crippen molar-refractivity contribution in [2.24, 2.45) is 46.8 Å². The van der Waals surface area contributed by atoms with Crippen LogP contribution in [0.3, 0.4) is 0 Å². The fourth-order valence-corrected chi connectivity index (χ4v) is 9.78. The topological polar surface area (TPSA) is 109 Å². The molecule has 33 heavy (non-hydrogen) atoms. The number of carbonyl (C=O) groups excluding carboxylic acids is 1. The van der Waals surface area contributed by atoms with Crippen molar-refractivity contribution in [1.82, 2.24) is 9.78 Å². The van der Waals surface area contributed by atoms with Gasteiger partial charge in [-0.25, -0.2) is 8.42 Å². The van der Waals surface area contributed by atoms with E-state index in [-0.39, 0.29) is 34.5 Å². The number of Topliss-reactive ketones (excluding diaryl/α,β-unsaturated/α-hetero) is 1. The molecule has 0 spiro atoms. The van der Waals surface area contributed by atoms with Crippen molar-refractivity contribution in [1.29, 1.82) is 0 Å². The quantitative estimate of drug-likeness (QED) is 0.691. The van der Waals surface area contributed by atoms with Gasteiger partial charge in [-0.05, 0) is 86.4 Å². The summed E-state index contributed by atoms with van der Waals surface area (Å²) in [7, 11) is -3.33. The number of nitrogens with zero attached hydrogens (tertiary/aromatic N) is 2. The molecule has 1 aromatic heterocycles. The number of aliphatic hydroxyl groups excluding tert-OH is 1. The third-order valence-corrected chi connectivity index (χ3v) is 11.9. The van der Waals surface area contributed by atoms with E-state index < -0.39 is 21.5 Å². The summed E-state index contributed by atoms with van der Waals surface area (Å²) in [5, 5.41) is 25.2. The molecular weight excluding hydrogens is 440 g/mol. The van der Waals surface area contributed by atoms with Crippen molar-refractivity contribution in [2.45, 2.75) is 81.4 Å². The van der Waals surface area contributed by atoms with E-state index in [1.165, 1.54) is 17.1 Å². The van der Waals surface area contributed by atoms with Crippen LogP contribution in [0, 0.1) is 46.8 Å². The van der Waals surface area contributed by atoms with Gasteiger partial charge in [0.15, 0.2) is 15.6 Å². The van der Waals surface area contributed by atoms with Crippen molar-refractivity contribution in [2.75, 3.05) is 6.26 Å². The van der Waals surface area contributed by atoms with E-state index >= 15 is 0 Å². The second-order valence-electron chi connectivity index (χ2n) is 12.1. The minimum Gasteiger partial charge on any atom is -0.390 e. The third kappa shape index (κ3) is 3.16. The molecule has 1 heterocycles. The molecule has 0 amide bonds. The minimum atomic E-state index is -3.33. The van der Waals surface area contributed by atoms with Crippen LogP contribution in [0.15, 0.2) is 17.3 Å². The molecule has 0 radical (unpaired) electrons. The first kappa shape index (κ1) is 22.2. The molecule has 5 aliphatic carbocycles. The van der Waals surface area contributed by atoms with Crippen LogP contribution >= 0.6 is 0 Å². The van der Waals surface area contributed by atoms with Crippen LogP contribution in [-0.4, -0.2) is 52.2 Å². The lowest BCUT2D eigenvalue weighted by atomic mass is 9.49. The molecule has 0 aliphatic heterocycles. The number of aliphatic hydroxyl groups is 2. The second kappa shape index (κ2) is 7.14. The Kier molecular flexibility index (Phi) is 4.81. The number of aromatic nitrogens is 2. The maximum atomic E-state index is 13.4. The maximum absolute atomic E-state index is 13.4. The van der Waals surface area contributed by atoms with Gasteiger partial charge in [0.05, 0.1) is 24.4 Å². The van der Waals surface area contributed by atoms with E-state index in [0.717, 1.165) is 57.6 Å². The average Bonchev–Trinajstić information content (AvgIpc) is 3.10. The van der Waals surface area contributed by atoms with E-state index in [4.69, 9.17) is 0 Å². The van der Waals surface area contributed by atoms with Gasteiger partial charge in [-0.2, -0.15) is 5.10 Å². The summed E-state index contributed by atoms with van der Waals surface area (Å²) in [6.07, 6.45) is 11.7. The Hall–Kier alpha value is -1.25. The predicted molar refractivity (Wildman–Crippen MR) is 121 cm³/mol. The van der Waals surface area contributed by atoms with Crippen LogP contribution in [0.2, 0.25) is 0 Å². The van der Waals surface area contributed by atoms with Gasteiger partial charge in [0.1, 0.15) is 4.90 Å². The summed E-state index contributed by atoms with van der Waals surface area (Å²) in [5.41, 5.74) is -0.794. The van der Waals surface area contributed by atoms with Crippen molar-refractivity contribution in [3.05, 3.63) is 12.4 Å².